The van der Waals surface area contributed by atoms with Crippen LogP contribution in [0.25, 0.3) is 0 Å². The average Bonchev–Trinajstić information content (AvgIpc) is 3.07. The van der Waals surface area contributed by atoms with Crippen LogP contribution in [0.2, 0.25) is 0 Å². The van der Waals surface area contributed by atoms with Gasteiger partial charge in [-0.25, -0.2) is 0 Å². The summed E-state index contributed by atoms with van der Waals surface area (Å²) >= 11 is 0. The van der Waals surface area contributed by atoms with Crippen LogP contribution in [0.1, 0.15) is 210 Å². The summed E-state index contributed by atoms with van der Waals surface area (Å²) in [5.41, 5.74) is 0. The molecule has 0 saturated carbocycles. The maximum absolute atomic E-state index is 14.7. The second-order valence-electron chi connectivity index (χ2n) is 15.4. The van der Waals surface area contributed by atoms with Crippen LogP contribution in [0.15, 0.2) is 0 Å². The van der Waals surface area contributed by atoms with Crippen molar-refractivity contribution in [3.8, 4) is 0 Å². The Hall–Kier alpha value is 0.970. The molecule has 47 heavy (non-hydrogen) atoms. The Kier molecular flexibility index (Phi) is 30.4. The molecule has 0 atom stereocenters. The zero-order chi connectivity index (χ0) is 36.0. The zero-order valence-corrected chi connectivity index (χ0v) is 36.9. The van der Waals surface area contributed by atoms with E-state index in [1.54, 1.807) is 0 Å². The Bertz CT molecular complexity index is 615. The molecule has 0 radical (unpaired) electrons. The van der Waals surface area contributed by atoms with Crippen LogP contribution >= 0.6 is 21.5 Å². The van der Waals surface area contributed by atoms with Gasteiger partial charge in [-0.2, -0.15) is 0 Å². The molecule has 7 heteroatoms. The first-order valence-corrected chi connectivity index (χ1v) is 28.5. The molecule has 290 valence electrons. The van der Waals surface area contributed by atoms with E-state index in [2.05, 4.69) is 69.2 Å². The second-order valence-corrected chi connectivity index (χ2v) is 28.6. The normalized spacial score (nSPS) is 15.2. The molecular formula is C40H91O4P3. The molecule has 1 N–H and O–H groups in total. The van der Waals surface area contributed by atoms with Crippen LogP contribution in [-0.2, 0) is 13.2 Å². The summed E-state index contributed by atoms with van der Waals surface area (Å²) in [6.07, 6.45) is 33.8. The third-order valence-electron chi connectivity index (χ3n) is 10.7. The van der Waals surface area contributed by atoms with Crippen LogP contribution in [0.5, 0.6) is 0 Å². The molecule has 0 fully saturated rings. The molecule has 0 aromatic carbocycles. The summed E-state index contributed by atoms with van der Waals surface area (Å²) in [5, 5.41) is 0. The summed E-state index contributed by atoms with van der Waals surface area (Å²) in [5.74, 6) is 0. The summed E-state index contributed by atoms with van der Waals surface area (Å²) in [6.45, 7) is 16.6. The van der Waals surface area contributed by atoms with E-state index >= 15 is 0 Å². The Labute approximate surface area is 298 Å². The van der Waals surface area contributed by atoms with Gasteiger partial charge in [-0.3, -0.25) is 0 Å². The van der Waals surface area contributed by atoms with Crippen molar-refractivity contribution >= 4 is 21.5 Å². The molecule has 0 amide bonds. The van der Waals surface area contributed by atoms with Crippen molar-refractivity contribution in [2.45, 2.75) is 210 Å². The van der Waals surface area contributed by atoms with Gasteiger partial charge in [0.25, 0.3) is 0 Å². The maximum atomic E-state index is 14.7. The van der Waals surface area contributed by atoms with Crippen LogP contribution in [0, 0.1) is 0 Å². The van der Waals surface area contributed by atoms with E-state index in [0.717, 1.165) is 152 Å². The standard InChI is InChI=1S/C32H73O4P3.C8H18/c1-9-17-25-38(26-18-10-2,27-19-11-3,28-20-12-4)35-37(33,34)36-39(29-21-13-5,30-22-14-6,31-23-15-7)32-24-16-8;1-3-5-7-8-6-4-2/h9-32H2,1-8H3,(H,33,34);3-8H2,1-2H3. The summed E-state index contributed by atoms with van der Waals surface area (Å²) in [7, 11) is -4.27. The van der Waals surface area contributed by atoms with Crippen LogP contribution in [0.3, 0.4) is 0 Å². The molecule has 4 nitrogen and oxygen atoms in total. The van der Waals surface area contributed by atoms with E-state index in [1.165, 1.54) is 38.5 Å². The SMILES string of the molecule is CCCCCCCC.CCCCP(CCCC)(CCCC)(CCCC)OP(=O)(O)OP(CCCC)(CCCC)(CCCC)CCCC. The van der Waals surface area contributed by atoms with Gasteiger partial charge in [0.2, 0.25) is 0 Å². The van der Waals surface area contributed by atoms with E-state index in [9.17, 15) is 9.46 Å². The molecule has 0 aliphatic heterocycles. The molecule has 0 aliphatic rings. The Balaban J connectivity index is 0. The quantitative estimate of drug-likeness (QED) is 0.0540. The van der Waals surface area contributed by atoms with Crippen LogP contribution in [0.4, 0.5) is 0 Å². The molecule has 0 unspecified atom stereocenters. The minimum absolute atomic E-state index is 0.986. The predicted octanol–water partition coefficient (Wildman–Crippen LogP) is 15.8. The van der Waals surface area contributed by atoms with Gasteiger partial charge in [0.05, 0.1) is 0 Å². The Morgan fingerprint density at radius 3 is 0.660 bits per heavy atom. The Morgan fingerprint density at radius 1 is 0.340 bits per heavy atom. The fourth-order valence-electron chi connectivity index (χ4n) is 7.58. The van der Waals surface area contributed by atoms with Crippen molar-refractivity contribution in [1.29, 1.82) is 0 Å². The molecule has 0 aliphatic carbocycles. The molecule has 0 spiro atoms. The van der Waals surface area contributed by atoms with Crippen molar-refractivity contribution < 1.29 is 18.1 Å². The third kappa shape index (κ3) is 20.6. The van der Waals surface area contributed by atoms with Crippen molar-refractivity contribution in [3.63, 3.8) is 0 Å². The average molecular weight is 729 g/mol. The fraction of sp³-hybridized carbons (Fsp3) is 1.00. The first-order valence-electron chi connectivity index (χ1n) is 21.2. The first kappa shape index (κ1) is 50.1. The van der Waals surface area contributed by atoms with Gasteiger partial charge in [-0.15, -0.1) is 0 Å². The summed E-state index contributed by atoms with van der Waals surface area (Å²) < 4.78 is 28.9. The van der Waals surface area contributed by atoms with E-state index in [0.29, 0.717) is 0 Å². The first-order chi connectivity index (χ1) is 22.4. The van der Waals surface area contributed by atoms with Gasteiger partial charge in [-0.05, 0) is 0 Å². The van der Waals surface area contributed by atoms with Crippen LogP contribution in [-0.4, -0.2) is 54.2 Å². The van der Waals surface area contributed by atoms with E-state index in [4.69, 9.17) is 8.62 Å². The number of rotatable bonds is 33. The Morgan fingerprint density at radius 2 is 0.511 bits per heavy atom. The zero-order valence-electron chi connectivity index (χ0n) is 34.2. The van der Waals surface area contributed by atoms with Crippen molar-refractivity contribution in [2.24, 2.45) is 0 Å². The molecule has 0 aromatic heterocycles. The van der Waals surface area contributed by atoms with Crippen LogP contribution < -0.4 is 0 Å². The number of phosphoric acid groups is 1. The van der Waals surface area contributed by atoms with Gasteiger partial charge in [-0.1, -0.05) is 52.4 Å². The van der Waals surface area contributed by atoms with Crippen molar-refractivity contribution in [3.05, 3.63) is 0 Å². The number of unbranched alkanes of at least 4 members (excludes halogenated alkanes) is 13. The van der Waals surface area contributed by atoms with E-state index < -0.39 is 21.5 Å². The third-order valence-corrected chi connectivity index (χ3v) is 27.7. The molecule has 0 aromatic rings. The predicted molar refractivity (Wildman–Crippen MR) is 223 cm³/mol. The van der Waals surface area contributed by atoms with E-state index in [1.807, 2.05) is 0 Å². The number of hydrogen-bond donors (Lipinski definition) is 1. The second kappa shape index (κ2) is 28.5. The van der Waals surface area contributed by atoms with Gasteiger partial charge in [0.15, 0.2) is 0 Å². The number of hydrogen-bond acceptors (Lipinski definition) is 3. The van der Waals surface area contributed by atoms with Gasteiger partial charge < -0.3 is 0 Å². The van der Waals surface area contributed by atoms with Gasteiger partial charge >= 0.3 is 247 Å². The van der Waals surface area contributed by atoms with Gasteiger partial charge in [0, 0.05) is 0 Å². The molecule has 0 saturated heterocycles. The van der Waals surface area contributed by atoms with Crippen molar-refractivity contribution in [1.82, 2.24) is 0 Å². The summed E-state index contributed by atoms with van der Waals surface area (Å²) in [4.78, 5) is 12.1. The van der Waals surface area contributed by atoms with Gasteiger partial charge in [0.1, 0.15) is 0 Å². The fourth-order valence-corrected chi connectivity index (χ4v) is 26.9. The molecule has 0 heterocycles. The minimum atomic E-state index is -4.27. The van der Waals surface area contributed by atoms with Crippen molar-refractivity contribution in [2.75, 3.05) is 49.3 Å². The molecule has 0 rings (SSSR count). The van der Waals surface area contributed by atoms with E-state index in [-0.39, 0.29) is 0 Å². The summed E-state index contributed by atoms with van der Waals surface area (Å²) in [6, 6.07) is 0. The molecule has 0 bridgehead atoms. The molecular weight excluding hydrogens is 637 g/mol. The topological polar surface area (TPSA) is 55.8 Å². The monoisotopic (exact) mass is 729 g/mol.